The van der Waals surface area contributed by atoms with E-state index in [1.54, 1.807) is 13.8 Å². The van der Waals surface area contributed by atoms with Crippen LogP contribution in [0, 0.1) is 23.3 Å². The molecule has 0 aliphatic rings. The lowest BCUT2D eigenvalue weighted by atomic mass is 10.1. The van der Waals surface area contributed by atoms with Crippen molar-refractivity contribution in [1.29, 1.82) is 0 Å². The molecule has 0 saturated heterocycles. The zero-order chi connectivity index (χ0) is 23.0. The number of fused-ring (bicyclic) bond motifs is 1. The number of carbonyl (C=O) groups excluding carboxylic acids is 1. The molecule has 0 aliphatic carbocycles. The van der Waals surface area contributed by atoms with Gasteiger partial charge in [-0.1, -0.05) is 11.6 Å². The Balaban J connectivity index is 2.52. The van der Waals surface area contributed by atoms with Crippen molar-refractivity contribution in [2.24, 2.45) is 0 Å². The Kier molecular flexibility index (Phi) is 6.21. The summed E-state index contributed by atoms with van der Waals surface area (Å²) in [7, 11) is 0. The van der Waals surface area contributed by atoms with E-state index in [0.717, 1.165) is 6.07 Å². The van der Waals surface area contributed by atoms with Gasteiger partial charge in [0.1, 0.15) is 10.7 Å². The average Bonchev–Trinajstić information content (AvgIpc) is 2.69. The quantitative estimate of drug-likeness (QED) is 0.344. The fourth-order valence-electron chi connectivity index (χ4n) is 2.94. The molecule has 3 aromatic rings. The van der Waals surface area contributed by atoms with Crippen LogP contribution in [0.25, 0.3) is 16.7 Å². The fourth-order valence-corrected chi connectivity index (χ4v) is 3.22. The Bertz CT molecular complexity index is 1260. The van der Waals surface area contributed by atoms with Gasteiger partial charge in [0.25, 0.3) is 0 Å². The molecular formula is C20H16ClF4N3O3. The van der Waals surface area contributed by atoms with E-state index in [0.29, 0.717) is 16.7 Å². The lowest BCUT2D eigenvalue weighted by Crippen LogP contribution is -2.22. The van der Waals surface area contributed by atoms with Gasteiger partial charge in [-0.05, 0) is 26.8 Å². The summed E-state index contributed by atoms with van der Waals surface area (Å²) in [6.45, 7) is 4.75. The van der Waals surface area contributed by atoms with Gasteiger partial charge >= 0.3 is 5.97 Å². The van der Waals surface area contributed by atoms with E-state index in [1.165, 1.54) is 6.92 Å². The molecule has 0 amide bonds. The van der Waals surface area contributed by atoms with Gasteiger partial charge in [0.15, 0.2) is 40.3 Å². The number of ether oxygens (including phenoxy) is 1. The maximum Gasteiger partial charge on any atom is 0.355 e. The predicted octanol–water partition coefficient (Wildman–Crippen LogP) is 4.59. The SMILES string of the molecule is CCOC(=O)c1cc(=O)c2cc(F)c(F)c(Cl)c2n1-c1nc(NC(C)C)c(F)cc1F. The number of hydrogen-bond acceptors (Lipinski definition) is 5. The van der Waals surface area contributed by atoms with Crippen LogP contribution in [0.5, 0.6) is 0 Å². The lowest BCUT2D eigenvalue weighted by Gasteiger charge is -2.19. The van der Waals surface area contributed by atoms with E-state index in [2.05, 4.69) is 10.3 Å². The van der Waals surface area contributed by atoms with E-state index >= 15 is 0 Å². The van der Waals surface area contributed by atoms with E-state index < -0.39 is 62.1 Å². The summed E-state index contributed by atoms with van der Waals surface area (Å²) >= 11 is 5.95. The minimum Gasteiger partial charge on any atom is -0.461 e. The zero-order valence-corrected chi connectivity index (χ0v) is 17.3. The third kappa shape index (κ3) is 4.07. The highest BCUT2D eigenvalue weighted by Crippen LogP contribution is 2.31. The molecule has 0 atom stereocenters. The smallest absolute Gasteiger partial charge is 0.355 e. The zero-order valence-electron chi connectivity index (χ0n) is 16.5. The van der Waals surface area contributed by atoms with Crippen molar-refractivity contribution < 1.29 is 27.1 Å². The lowest BCUT2D eigenvalue weighted by molar-refractivity contribution is 0.0516. The highest BCUT2D eigenvalue weighted by molar-refractivity contribution is 6.35. The molecule has 2 aromatic heterocycles. The molecule has 0 spiro atoms. The maximum absolute atomic E-state index is 14.8. The maximum atomic E-state index is 14.8. The molecule has 1 N–H and O–H groups in total. The van der Waals surface area contributed by atoms with Crippen molar-refractivity contribution in [2.45, 2.75) is 26.8 Å². The summed E-state index contributed by atoms with van der Waals surface area (Å²) in [5, 5.41) is 1.34. The van der Waals surface area contributed by atoms with Crippen LogP contribution in [0.1, 0.15) is 31.3 Å². The summed E-state index contributed by atoms with van der Waals surface area (Å²) in [5.41, 5.74) is -1.97. The number of anilines is 1. The number of esters is 1. The number of hydrogen-bond donors (Lipinski definition) is 1. The third-order valence-electron chi connectivity index (χ3n) is 4.17. The molecule has 0 fully saturated rings. The largest absolute Gasteiger partial charge is 0.461 e. The van der Waals surface area contributed by atoms with Gasteiger partial charge in [0.2, 0.25) is 0 Å². The molecule has 2 heterocycles. The summed E-state index contributed by atoms with van der Waals surface area (Å²) in [6.07, 6.45) is 0. The molecule has 1 aromatic carbocycles. The van der Waals surface area contributed by atoms with Crippen molar-refractivity contribution in [1.82, 2.24) is 9.55 Å². The highest BCUT2D eigenvalue weighted by atomic mass is 35.5. The van der Waals surface area contributed by atoms with Crippen molar-refractivity contribution >= 4 is 34.3 Å². The first-order chi connectivity index (χ1) is 14.6. The summed E-state index contributed by atoms with van der Waals surface area (Å²) < 4.78 is 62.8. The number of halogens is 5. The second-order valence-corrected chi connectivity index (χ2v) is 7.13. The van der Waals surface area contributed by atoms with E-state index in [4.69, 9.17) is 16.3 Å². The Morgan fingerprint density at radius 2 is 1.84 bits per heavy atom. The molecule has 0 bridgehead atoms. The Labute approximate surface area is 178 Å². The van der Waals surface area contributed by atoms with E-state index in [1.807, 2.05) is 0 Å². The summed E-state index contributed by atoms with van der Waals surface area (Å²) in [5.74, 6) is -7.33. The first kappa shape index (κ1) is 22.5. The third-order valence-corrected chi connectivity index (χ3v) is 4.51. The minimum absolute atomic E-state index is 0.101. The van der Waals surface area contributed by atoms with Gasteiger partial charge in [-0.25, -0.2) is 27.3 Å². The molecule has 31 heavy (non-hydrogen) atoms. The van der Waals surface area contributed by atoms with Gasteiger partial charge in [-0.15, -0.1) is 0 Å². The molecular weight excluding hydrogens is 442 g/mol. The molecule has 0 radical (unpaired) electrons. The topological polar surface area (TPSA) is 73.2 Å². The van der Waals surface area contributed by atoms with Crippen LogP contribution in [0.3, 0.4) is 0 Å². The van der Waals surface area contributed by atoms with Crippen LogP contribution >= 0.6 is 11.6 Å². The molecule has 0 aliphatic heterocycles. The van der Waals surface area contributed by atoms with Gasteiger partial charge in [-0.3, -0.25) is 9.36 Å². The van der Waals surface area contributed by atoms with Gasteiger partial charge in [0, 0.05) is 18.2 Å². The van der Waals surface area contributed by atoms with Crippen molar-refractivity contribution in [3.05, 3.63) is 62.4 Å². The summed E-state index contributed by atoms with van der Waals surface area (Å²) in [6, 6.07) is 1.53. The molecule has 164 valence electrons. The first-order valence-electron chi connectivity index (χ1n) is 9.10. The number of benzene rings is 1. The van der Waals surface area contributed by atoms with Gasteiger partial charge in [0.05, 0.1) is 17.5 Å². The molecule has 0 saturated carbocycles. The second-order valence-electron chi connectivity index (χ2n) is 6.76. The van der Waals surface area contributed by atoms with Gasteiger partial charge in [-0.2, -0.15) is 0 Å². The van der Waals surface area contributed by atoms with Crippen LogP contribution in [0.4, 0.5) is 23.4 Å². The Morgan fingerprint density at radius 1 is 1.16 bits per heavy atom. The molecule has 6 nitrogen and oxygen atoms in total. The van der Waals surface area contributed by atoms with Crippen LogP contribution in [-0.4, -0.2) is 28.2 Å². The van der Waals surface area contributed by atoms with E-state index in [9.17, 15) is 27.2 Å². The van der Waals surface area contributed by atoms with Crippen molar-refractivity contribution in [2.75, 3.05) is 11.9 Å². The second kappa shape index (κ2) is 8.54. The van der Waals surface area contributed by atoms with Crippen molar-refractivity contribution in [3.8, 4) is 5.82 Å². The number of carbonyl (C=O) groups is 1. The van der Waals surface area contributed by atoms with Crippen LogP contribution in [0.15, 0.2) is 23.0 Å². The normalized spacial score (nSPS) is 11.3. The monoisotopic (exact) mass is 457 g/mol. The summed E-state index contributed by atoms with van der Waals surface area (Å²) in [4.78, 5) is 28.9. The number of aromatic nitrogens is 2. The molecule has 11 heteroatoms. The molecule has 3 rings (SSSR count). The highest BCUT2D eigenvalue weighted by Gasteiger charge is 2.26. The van der Waals surface area contributed by atoms with Crippen LogP contribution in [0.2, 0.25) is 5.02 Å². The Hall–Kier alpha value is -3.14. The van der Waals surface area contributed by atoms with Crippen molar-refractivity contribution in [3.63, 3.8) is 0 Å². The average molecular weight is 458 g/mol. The van der Waals surface area contributed by atoms with Crippen LogP contribution < -0.4 is 10.7 Å². The first-order valence-corrected chi connectivity index (χ1v) is 9.47. The number of nitrogens with one attached hydrogen (secondary N) is 1. The number of rotatable bonds is 5. The minimum atomic E-state index is -1.52. The van der Waals surface area contributed by atoms with Gasteiger partial charge < -0.3 is 10.1 Å². The standard InChI is InChI=1S/C20H16ClF4N3O3/c1-4-31-20(30)13-7-14(29)9-5-10(22)16(25)15(21)17(9)28(13)19-12(24)6-11(23)18(27-19)26-8(2)3/h5-8H,4H2,1-3H3,(H,26,27). The number of pyridine rings is 2. The fraction of sp³-hybridized carbons (Fsp3) is 0.250. The van der Waals surface area contributed by atoms with Crippen LogP contribution in [-0.2, 0) is 4.74 Å². The van der Waals surface area contributed by atoms with E-state index in [-0.39, 0.29) is 18.5 Å². The Morgan fingerprint density at radius 3 is 2.45 bits per heavy atom. The molecule has 0 unspecified atom stereocenters. The predicted molar refractivity (Wildman–Crippen MR) is 107 cm³/mol. The number of nitrogens with zero attached hydrogens (tertiary/aromatic N) is 2.